The minimum Gasteiger partial charge on any atom is -0.345 e. The number of carbonyl (C=O) groups is 3. The van der Waals surface area contributed by atoms with Gasteiger partial charge in [-0.05, 0) is 47.9 Å². The first-order valence-corrected chi connectivity index (χ1v) is 13.9. The van der Waals surface area contributed by atoms with Crippen LogP contribution in [0.3, 0.4) is 0 Å². The molecule has 0 aromatic heterocycles. The molecule has 0 unspecified atom stereocenters. The predicted octanol–water partition coefficient (Wildman–Crippen LogP) is 6.20. The predicted molar refractivity (Wildman–Crippen MR) is 155 cm³/mol. The van der Waals surface area contributed by atoms with Crippen molar-refractivity contribution in [3.63, 3.8) is 0 Å². The first kappa shape index (κ1) is 26.3. The summed E-state index contributed by atoms with van der Waals surface area (Å²) in [7, 11) is 0. The second-order valence-corrected chi connectivity index (χ2v) is 10.5. The van der Waals surface area contributed by atoms with Gasteiger partial charge in [-0.2, -0.15) is 0 Å². The topological polar surface area (TPSA) is 78.5 Å². The van der Waals surface area contributed by atoms with Crippen LogP contribution < -0.4 is 10.6 Å². The molecule has 1 aliphatic rings. The maximum absolute atomic E-state index is 13.1. The molecule has 1 aliphatic heterocycles. The maximum Gasteiger partial charge on any atom is 0.255 e. The van der Waals surface area contributed by atoms with Crippen molar-refractivity contribution in [1.82, 2.24) is 10.2 Å². The molecular formula is C32H29N3O3S. The summed E-state index contributed by atoms with van der Waals surface area (Å²) < 4.78 is 0. The summed E-state index contributed by atoms with van der Waals surface area (Å²) in [5, 5.41) is 5.79. The van der Waals surface area contributed by atoms with Gasteiger partial charge < -0.3 is 15.5 Å². The lowest BCUT2D eigenvalue weighted by molar-refractivity contribution is -0.128. The molecule has 6 nitrogen and oxygen atoms in total. The molecule has 2 N–H and O–H groups in total. The van der Waals surface area contributed by atoms with Gasteiger partial charge in [0, 0.05) is 12.1 Å². The smallest absolute Gasteiger partial charge is 0.255 e. The molecule has 7 heteroatoms. The molecule has 196 valence electrons. The van der Waals surface area contributed by atoms with E-state index in [4.69, 9.17) is 0 Å². The summed E-state index contributed by atoms with van der Waals surface area (Å²) in [5.74, 6) is -0.0399. The highest BCUT2D eigenvalue weighted by molar-refractivity contribution is 8.00. The Hall–Kier alpha value is -4.36. The van der Waals surface area contributed by atoms with Crippen molar-refractivity contribution in [2.75, 3.05) is 11.1 Å². The van der Waals surface area contributed by atoms with E-state index >= 15 is 0 Å². The van der Waals surface area contributed by atoms with Gasteiger partial charge in [0.2, 0.25) is 5.91 Å². The van der Waals surface area contributed by atoms with Crippen molar-refractivity contribution < 1.29 is 14.4 Å². The van der Waals surface area contributed by atoms with Crippen LogP contribution in [-0.4, -0.2) is 28.4 Å². The van der Waals surface area contributed by atoms with E-state index < -0.39 is 0 Å². The number of hydrogen-bond acceptors (Lipinski definition) is 4. The Bertz CT molecular complexity index is 1460. The molecule has 0 saturated carbocycles. The average molecular weight is 536 g/mol. The van der Waals surface area contributed by atoms with E-state index in [0.29, 0.717) is 29.1 Å². The van der Waals surface area contributed by atoms with Gasteiger partial charge in [-0.25, -0.2) is 0 Å². The summed E-state index contributed by atoms with van der Waals surface area (Å²) in [4.78, 5) is 40.6. The van der Waals surface area contributed by atoms with Crippen molar-refractivity contribution in [2.45, 2.75) is 24.9 Å². The highest BCUT2D eigenvalue weighted by atomic mass is 32.2. The van der Waals surface area contributed by atoms with Gasteiger partial charge >= 0.3 is 0 Å². The normalized spacial score (nSPS) is 15.6. The standard InChI is InChI=1S/C32H29N3O3S/c1-22(24-12-6-3-7-13-24)33-31(38)27-14-8-9-15-28(27)34-30(37)25-16-18-26(19-17-25)32-35(29(36)21-39-32)20-23-10-4-2-5-11-23/h2-19,22,32H,20-21H2,1H3,(H,33,38)(H,34,37)/t22-,32+/m1/s1. The van der Waals surface area contributed by atoms with Crippen LogP contribution in [0.15, 0.2) is 109 Å². The van der Waals surface area contributed by atoms with Gasteiger partial charge in [0.15, 0.2) is 0 Å². The Morgan fingerprint density at radius 2 is 1.49 bits per heavy atom. The van der Waals surface area contributed by atoms with E-state index in [-0.39, 0.29) is 29.1 Å². The van der Waals surface area contributed by atoms with E-state index in [9.17, 15) is 14.4 Å². The average Bonchev–Trinajstić information content (AvgIpc) is 3.33. The molecule has 1 heterocycles. The van der Waals surface area contributed by atoms with E-state index in [1.165, 1.54) is 0 Å². The third-order valence-electron chi connectivity index (χ3n) is 6.69. The van der Waals surface area contributed by atoms with Crippen molar-refractivity contribution >= 4 is 35.2 Å². The zero-order valence-corrected chi connectivity index (χ0v) is 22.4. The third kappa shape index (κ3) is 6.21. The monoisotopic (exact) mass is 535 g/mol. The number of amides is 3. The Morgan fingerprint density at radius 1 is 0.846 bits per heavy atom. The number of rotatable bonds is 8. The number of hydrogen-bond donors (Lipinski definition) is 2. The number of thioether (sulfide) groups is 1. The quantitative estimate of drug-likeness (QED) is 0.281. The molecule has 0 spiro atoms. The minimum absolute atomic E-state index is 0.104. The fourth-order valence-corrected chi connectivity index (χ4v) is 5.75. The molecule has 0 bridgehead atoms. The third-order valence-corrected chi connectivity index (χ3v) is 7.94. The Labute approximate surface area is 232 Å². The summed E-state index contributed by atoms with van der Waals surface area (Å²) in [5.41, 5.74) is 4.34. The summed E-state index contributed by atoms with van der Waals surface area (Å²) in [6.07, 6.45) is 0. The molecule has 4 aromatic carbocycles. The second-order valence-electron chi connectivity index (χ2n) is 9.40. The molecular weight excluding hydrogens is 506 g/mol. The summed E-state index contributed by atoms with van der Waals surface area (Å²) in [6.45, 7) is 2.47. The van der Waals surface area contributed by atoms with Crippen LogP contribution in [0, 0.1) is 0 Å². The molecule has 1 saturated heterocycles. The number of benzene rings is 4. The lowest BCUT2D eigenvalue weighted by Gasteiger charge is -2.24. The molecule has 5 rings (SSSR count). The fourth-order valence-electron chi connectivity index (χ4n) is 4.56. The molecule has 0 aliphatic carbocycles. The SMILES string of the molecule is C[C@@H](NC(=O)c1ccccc1NC(=O)c1ccc([C@@H]2SCC(=O)N2Cc2ccccc2)cc1)c1ccccc1. The maximum atomic E-state index is 13.1. The van der Waals surface area contributed by atoms with Crippen LogP contribution in [0.25, 0.3) is 0 Å². The molecule has 39 heavy (non-hydrogen) atoms. The van der Waals surface area contributed by atoms with Crippen LogP contribution in [0.5, 0.6) is 0 Å². The van der Waals surface area contributed by atoms with Crippen molar-refractivity contribution in [1.29, 1.82) is 0 Å². The van der Waals surface area contributed by atoms with E-state index in [2.05, 4.69) is 10.6 Å². The van der Waals surface area contributed by atoms with Crippen LogP contribution in [0.4, 0.5) is 5.69 Å². The first-order valence-electron chi connectivity index (χ1n) is 12.8. The zero-order chi connectivity index (χ0) is 27.2. The van der Waals surface area contributed by atoms with Gasteiger partial charge in [-0.1, -0.05) is 84.9 Å². The molecule has 0 radical (unpaired) electrons. The number of carbonyl (C=O) groups excluding carboxylic acids is 3. The first-order chi connectivity index (χ1) is 19.0. The van der Waals surface area contributed by atoms with E-state index in [0.717, 1.165) is 16.7 Å². The fraction of sp³-hybridized carbons (Fsp3) is 0.156. The Kier molecular flexibility index (Phi) is 8.08. The van der Waals surface area contributed by atoms with Gasteiger partial charge in [0.1, 0.15) is 5.37 Å². The summed E-state index contributed by atoms with van der Waals surface area (Å²) in [6, 6.07) is 33.7. The van der Waals surface area contributed by atoms with Crippen molar-refractivity contribution in [3.8, 4) is 0 Å². The van der Waals surface area contributed by atoms with Crippen LogP contribution in [-0.2, 0) is 11.3 Å². The Balaban J connectivity index is 1.26. The summed E-state index contributed by atoms with van der Waals surface area (Å²) >= 11 is 1.59. The number of nitrogens with one attached hydrogen (secondary N) is 2. The van der Waals surface area contributed by atoms with Gasteiger partial charge in [0.05, 0.1) is 23.0 Å². The highest BCUT2D eigenvalue weighted by Gasteiger charge is 2.32. The van der Waals surface area contributed by atoms with Gasteiger partial charge in [-0.3, -0.25) is 14.4 Å². The van der Waals surface area contributed by atoms with Crippen molar-refractivity contribution in [3.05, 3.63) is 137 Å². The van der Waals surface area contributed by atoms with Gasteiger partial charge in [-0.15, -0.1) is 11.8 Å². The lowest BCUT2D eigenvalue weighted by Crippen LogP contribution is -2.28. The molecule has 3 amide bonds. The molecule has 2 atom stereocenters. The van der Waals surface area contributed by atoms with Crippen LogP contribution >= 0.6 is 11.8 Å². The molecule has 1 fully saturated rings. The zero-order valence-electron chi connectivity index (χ0n) is 21.5. The number of anilines is 1. The van der Waals surface area contributed by atoms with Crippen molar-refractivity contribution in [2.24, 2.45) is 0 Å². The minimum atomic E-state index is -0.311. The number of nitrogens with zero attached hydrogens (tertiary/aromatic N) is 1. The molecule has 4 aromatic rings. The van der Waals surface area contributed by atoms with E-state index in [1.54, 1.807) is 48.2 Å². The second kappa shape index (κ2) is 12.0. The van der Waals surface area contributed by atoms with E-state index in [1.807, 2.05) is 84.6 Å². The van der Waals surface area contributed by atoms with Crippen LogP contribution in [0.2, 0.25) is 0 Å². The largest absolute Gasteiger partial charge is 0.345 e. The number of para-hydroxylation sites is 1. The van der Waals surface area contributed by atoms with Gasteiger partial charge in [0.25, 0.3) is 11.8 Å². The highest BCUT2D eigenvalue weighted by Crippen LogP contribution is 2.39. The Morgan fingerprint density at radius 3 is 2.21 bits per heavy atom. The van der Waals surface area contributed by atoms with Crippen LogP contribution in [0.1, 0.15) is 55.7 Å². The lowest BCUT2D eigenvalue weighted by atomic mass is 10.1.